The molecule has 14 heavy (non-hydrogen) atoms. The molecular weight excluding hydrogens is 214 g/mol. The molecule has 0 aliphatic heterocycles. The molecule has 1 aromatic rings. The smallest absolute Gasteiger partial charge is 0.0779 e. The van der Waals surface area contributed by atoms with E-state index in [-0.39, 0.29) is 6.04 Å². The molecule has 1 nitrogen and oxygen atoms in total. The Labute approximate surface area is 94.2 Å². The first-order valence-corrected chi connectivity index (χ1v) is 5.65. The highest BCUT2D eigenvalue weighted by molar-refractivity contribution is 7.99. The van der Waals surface area contributed by atoms with E-state index in [4.69, 9.17) is 18.0 Å². The average Bonchev–Trinajstić information content (AvgIpc) is 2.22. The Bertz CT molecular complexity index is 332. The fourth-order valence-corrected chi connectivity index (χ4v) is 2.24. The third-order valence-electron chi connectivity index (χ3n) is 1.79. The molecule has 1 unspecified atom stereocenters. The molecule has 3 heteroatoms. The number of nitrogens with one attached hydrogen (secondary N) is 1. The van der Waals surface area contributed by atoms with Crippen LogP contribution in [0.25, 0.3) is 0 Å². The molecule has 0 bridgehead atoms. The van der Waals surface area contributed by atoms with Gasteiger partial charge in [0, 0.05) is 10.6 Å². The van der Waals surface area contributed by atoms with E-state index in [2.05, 4.69) is 11.2 Å². The summed E-state index contributed by atoms with van der Waals surface area (Å²) >= 11 is 7.67. The maximum absolute atomic E-state index is 6.00. The third-order valence-corrected chi connectivity index (χ3v) is 3.40. The van der Waals surface area contributed by atoms with Gasteiger partial charge in [-0.1, -0.05) is 29.7 Å². The first kappa shape index (κ1) is 11.5. The van der Waals surface area contributed by atoms with Crippen molar-refractivity contribution in [2.24, 2.45) is 0 Å². The largest absolute Gasteiger partial charge is 0.306 e. The molecule has 0 amide bonds. The van der Waals surface area contributed by atoms with Gasteiger partial charge in [-0.2, -0.15) is 0 Å². The Hall–Kier alpha value is -0.620. The summed E-state index contributed by atoms with van der Waals surface area (Å²) in [6.45, 7) is 0. The molecule has 0 aliphatic carbocycles. The average molecular weight is 226 g/mol. The lowest BCUT2D eigenvalue weighted by Gasteiger charge is -2.09. The van der Waals surface area contributed by atoms with Crippen molar-refractivity contribution in [1.82, 2.24) is 5.32 Å². The standard InChI is InChI=1S/C11H12ClNS/c1-3-9(13-2)8-14-11-7-5-4-6-10(11)12/h1,4-7,9,13H,8H2,2H3. The minimum absolute atomic E-state index is 0.0938. The number of terminal acetylenes is 1. The summed E-state index contributed by atoms with van der Waals surface area (Å²) in [5.74, 6) is 3.50. The van der Waals surface area contributed by atoms with E-state index in [0.29, 0.717) is 0 Å². The molecule has 0 heterocycles. The van der Waals surface area contributed by atoms with E-state index < -0.39 is 0 Å². The van der Waals surface area contributed by atoms with Crippen LogP contribution in [0.5, 0.6) is 0 Å². The zero-order valence-corrected chi connectivity index (χ0v) is 9.53. The van der Waals surface area contributed by atoms with Crippen LogP contribution < -0.4 is 5.32 Å². The van der Waals surface area contributed by atoms with Gasteiger partial charge in [0.1, 0.15) is 0 Å². The molecule has 74 valence electrons. The van der Waals surface area contributed by atoms with Crippen molar-refractivity contribution in [3.8, 4) is 12.3 Å². The summed E-state index contributed by atoms with van der Waals surface area (Å²) in [7, 11) is 1.86. The van der Waals surface area contributed by atoms with Crippen LogP contribution in [0.15, 0.2) is 29.2 Å². The van der Waals surface area contributed by atoms with Gasteiger partial charge in [0.25, 0.3) is 0 Å². The number of hydrogen-bond acceptors (Lipinski definition) is 2. The van der Waals surface area contributed by atoms with Gasteiger partial charge in [0.2, 0.25) is 0 Å². The molecule has 1 N–H and O–H groups in total. The number of rotatable bonds is 4. The monoisotopic (exact) mass is 225 g/mol. The molecule has 0 aliphatic rings. The molecular formula is C11H12ClNS. The van der Waals surface area contributed by atoms with Gasteiger partial charge < -0.3 is 5.32 Å². The summed E-state index contributed by atoms with van der Waals surface area (Å²) in [6.07, 6.45) is 5.33. The fourth-order valence-electron chi connectivity index (χ4n) is 0.950. The molecule has 0 radical (unpaired) electrons. The second-order valence-corrected chi connectivity index (χ2v) is 4.22. The summed E-state index contributed by atoms with van der Waals surface area (Å²) in [5, 5.41) is 3.82. The first-order valence-electron chi connectivity index (χ1n) is 4.28. The van der Waals surface area contributed by atoms with Crippen LogP contribution in [-0.4, -0.2) is 18.8 Å². The van der Waals surface area contributed by atoms with Crippen LogP contribution in [-0.2, 0) is 0 Å². The van der Waals surface area contributed by atoms with Gasteiger partial charge in [-0.15, -0.1) is 18.2 Å². The summed E-state index contributed by atoms with van der Waals surface area (Å²) in [5.41, 5.74) is 0. The molecule has 0 fully saturated rings. The van der Waals surface area contributed by atoms with Crippen molar-refractivity contribution >= 4 is 23.4 Å². The van der Waals surface area contributed by atoms with Gasteiger partial charge in [-0.25, -0.2) is 0 Å². The summed E-state index contributed by atoms with van der Waals surface area (Å²) < 4.78 is 0. The Morgan fingerprint density at radius 3 is 2.86 bits per heavy atom. The Morgan fingerprint density at radius 1 is 1.57 bits per heavy atom. The minimum Gasteiger partial charge on any atom is -0.306 e. The Kier molecular flexibility index (Phi) is 4.89. The van der Waals surface area contributed by atoms with E-state index >= 15 is 0 Å². The number of halogens is 1. The molecule has 1 atom stereocenters. The van der Waals surface area contributed by atoms with E-state index in [9.17, 15) is 0 Å². The topological polar surface area (TPSA) is 12.0 Å². The lowest BCUT2D eigenvalue weighted by molar-refractivity contribution is 0.759. The second kappa shape index (κ2) is 5.98. The predicted octanol–water partition coefficient (Wildman–Crippen LogP) is 2.65. The summed E-state index contributed by atoms with van der Waals surface area (Å²) in [4.78, 5) is 1.07. The maximum Gasteiger partial charge on any atom is 0.0779 e. The quantitative estimate of drug-likeness (QED) is 0.625. The highest BCUT2D eigenvalue weighted by Gasteiger charge is 2.04. The van der Waals surface area contributed by atoms with E-state index in [1.165, 1.54) is 0 Å². The maximum atomic E-state index is 6.00. The first-order chi connectivity index (χ1) is 6.77. The highest BCUT2D eigenvalue weighted by atomic mass is 35.5. The van der Waals surface area contributed by atoms with E-state index in [0.717, 1.165) is 15.7 Å². The third kappa shape index (κ3) is 3.26. The van der Waals surface area contributed by atoms with Gasteiger partial charge >= 0.3 is 0 Å². The molecule has 1 aromatic carbocycles. The van der Waals surface area contributed by atoms with Crippen LogP contribution in [0.3, 0.4) is 0 Å². The van der Waals surface area contributed by atoms with Crippen LogP contribution >= 0.6 is 23.4 Å². The van der Waals surface area contributed by atoms with Crippen molar-refractivity contribution in [2.75, 3.05) is 12.8 Å². The minimum atomic E-state index is 0.0938. The molecule has 0 saturated heterocycles. The van der Waals surface area contributed by atoms with Crippen molar-refractivity contribution in [3.05, 3.63) is 29.3 Å². The van der Waals surface area contributed by atoms with Crippen LogP contribution in [0, 0.1) is 12.3 Å². The lowest BCUT2D eigenvalue weighted by atomic mass is 10.4. The molecule has 0 spiro atoms. The predicted molar refractivity (Wildman–Crippen MR) is 63.9 cm³/mol. The Balaban J connectivity index is 2.54. The number of hydrogen-bond donors (Lipinski definition) is 1. The molecule has 0 aromatic heterocycles. The van der Waals surface area contributed by atoms with Crippen LogP contribution in [0.1, 0.15) is 0 Å². The van der Waals surface area contributed by atoms with Gasteiger partial charge in [0.05, 0.1) is 11.1 Å². The highest BCUT2D eigenvalue weighted by Crippen LogP contribution is 2.26. The van der Waals surface area contributed by atoms with E-state index in [1.807, 2.05) is 31.3 Å². The van der Waals surface area contributed by atoms with Crippen molar-refractivity contribution in [3.63, 3.8) is 0 Å². The number of thioether (sulfide) groups is 1. The van der Waals surface area contributed by atoms with Crippen molar-refractivity contribution in [2.45, 2.75) is 10.9 Å². The number of benzene rings is 1. The van der Waals surface area contributed by atoms with Crippen LogP contribution in [0.4, 0.5) is 0 Å². The summed E-state index contributed by atoms with van der Waals surface area (Å²) in [6, 6.07) is 7.86. The van der Waals surface area contributed by atoms with Crippen LogP contribution in [0.2, 0.25) is 5.02 Å². The van der Waals surface area contributed by atoms with E-state index in [1.54, 1.807) is 11.8 Å². The van der Waals surface area contributed by atoms with Crippen molar-refractivity contribution in [1.29, 1.82) is 0 Å². The second-order valence-electron chi connectivity index (χ2n) is 2.75. The van der Waals surface area contributed by atoms with Gasteiger partial charge in [-0.3, -0.25) is 0 Å². The van der Waals surface area contributed by atoms with Gasteiger partial charge in [0.15, 0.2) is 0 Å². The zero-order chi connectivity index (χ0) is 10.4. The Morgan fingerprint density at radius 2 is 2.29 bits per heavy atom. The fraction of sp³-hybridized carbons (Fsp3) is 0.273. The zero-order valence-electron chi connectivity index (χ0n) is 7.96. The molecule has 0 saturated carbocycles. The SMILES string of the molecule is C#CC(CSc1ccccc1Cl)NC. The lowest BCUT2D eigenvalue weighted by Crippen LogP contribution is -2.25. The van der Waals surface area contributed by atoms with Gasteiger partial charge in [-0.05, 0) is 19.2 Å². The normalized spacial score (nSPS) is 12.1. The molecule has 1 rings (SSSR count). The van der Waals surface area contributed by atoms with Crippen molar-refractivity contribution < 1.29 is 0 Å².